The largest absolute Gasteiger partial charge is 0.321 e. The molecule has 17 heavy (non-hydrogen) atoms. The Kier molecular flexibility index (Phi) is 2.85. The van der Waals surface area contributed by atoms with Crippen molar-refractivity contribution in [2.75, 3.05) is 6.67 Å². The highest BCUT2D eigenvalue weighted by atomic mass is 16.2. The molecule has 1 aromatic rings. The number of nitrogens with zero attached hydrogens (tertiary/aromatic N) is 1. The Labute approximate surface area is 102 Å². The summed E-state index contributed by atoms with van der Waals surface area (Å²) in [6.45, 7) is 0.711. The lowest BCUT2D eigenvalue weighted by atomic mass is 9.91. The molecule has 2 fully saturated rings. The van der Waals surface area contributed by atoms with Crippen LogP contribution in [0.25, 0.3) is 0 Å². The van der Waals surface area contributed by atoms with Gasteiger partial charge >= 0.3 is 0 Å². The van der Waals surface area contributed by atoms with Crippen LogP contribution >= 0.6 is 0 Å². The molecule has 1 saturated carbocycles. The zero-order valence-electron chi connectivity index (χ0n) is 9.93. The van der Waals surface area contributed by atoms with Gasteiger partial charge in [-0.3, -0.25) is 10.1 Å². The van der Waals surface area contributed by atoms with Crippen molar-refractivity contribution < 1.29 is 4.79 Å². The van der Waals surface area contributed by atoms with E-state index in [1.165, 1.54) is 19.3 Å². The predicted octanol–water partition coefficient (Wildman–Crippen LogP) is 2.00. The zero-order valence-corrected chi connectivity index (χ0v) is 9.93. The topological polar surface area (TPSA) is 32.3 Å². The summed E-state index contributed by atoms with van der Waals surface area (Å²) in [5.74, 6) is 0.174. The lowest BCUT2D eigenvalue weighted by Crippen LogP contribution is -2.41. The molecule has 90 valence electrons. The number of benzene rings is 1. The maximum atomic E-state index is 12.4. The molecule has 1 heterocycles. The molecule has 3 heteroatoms. The van der Waals surface area contributed by atoms with Crippen LogP contribution in [0.5, 0.6) is 0 Å². The van der Waals surface area contributed by atoms with Gasteiger partial charge in [-0.2, -0.15) is 0 Å². The minimum atomic E-state index is 0.174. The minimum Gasteiger partial charge on any atom is -0.321 e. The maximum Gasteiger partial charge on any atom is 0.255 e. The molecule has 1 aliphatic carbocycles. The van der Waals surface area contributed by atoms with E-state index in [9.17, 15) is 4.79 Å². The average molecular weight is 230 g/mol. The van der Waals surface area contributed by atoms with Crippen molar-refractivity contribution in [2.45, 2.75) is 37.8 Å². The van der Waals surface area contributed by atoms with Crippen LogP contribution in [0.1, 0.15) is 36.0 Å². The summed E-state index contributed by atoms with van der Waals surface area (Å²) >= 11 is 0. The molecule has 0 bridgehead atoms. The van der Waals surface area contributed by atoms with Gasteiger partial charge in [-0.05, 0) is 25.0 Å². The number of fused-ring (bicyclic) bond motifs is 1. The summed E-state index contributed by atoms with van der Waals surface area (Å²) in [5, 5.41) is 3.46. The van der Waals surface area contributed by atoms with E-state index in [-0.39, 0.29) is 5.91 Å². The van der Waals surface area contributed by atoms with E-state index in [4.69, 9.17) is 0 Å². The van der Waals surface area contributed by atoms with Gasteiger partial charge in [0.1, 0.15) is 0 Å². The Morgan fingerprint density at radius 2 is 1.94 bits per heavy atom. The molecule has 0 aromatic heterocycles. The second kappa shape index (κ2) is 4.49. The van der Waals surface area contributed by atoms with Gasteiger partial charge in [-0.1, -0.05) is 31.0 Å². The molecule has 3 nitrogen and oxygen atoms in total. The van der Waals surface area contributed by atoms with Gasteiger partial charge in [0.2, 0.25) is 0 Å². The Hall–Kier alpha value is -1.35. The molecule has 0 spiro atoms. The summed E-state index contributed by atoms with van der Waals surface area (Å²) in [7, 11) is 0. The van der Waals surface area contributed by atoms with E-state index in [0.29, 0.717) is 18.8 Å². The Bertz CT molecular complexity index is 404. The first-order valence-electron chi connectivity index (χ1n) is 6.45. The first-order chi connectivity index (χ1) is 8.36. The summed E-state index contributed by atoms with van der Waals surface area (Å²) in [6, 6.07) is 10.5. The molecule has 2 atom stereocenters. The maximum absolute atomic E-state index is 12.4. The fourth-order valence-corrected chi connectivity index (χ4v) is 3.02. The predicted molar refractivity (Wildman–Crippen MR) is 66.7 cm³/mol. The monoisotopic (exact) mass is 230 g/mol. The molecule has 0 radical (unpaired) electrons. The van der Waals surface area contributed by atoms with Crippen molar-refractivity contribution in [1.29, 1.82) is 0 Å². The van der Waals surface area contributed by atoms with Gasteiger partial charge in [-0.25, -0.2) is 0 Å². The van der Waals surface area contributed by atoms with Crippen LogP contribution in [-0.2, 0) is 0 Å². The standard InChI is InChI=1S/C14H18N2O/c17-14(11-6-2-1-3-7-11)16-10-15-12-8-4-5-9-13(12)16/h1-3,6-7,12-13,15H,4-5,8-10H2. The smallest absolute Gasteiger partial charge is 0.255 e. The molecule has 2 aliphatic rings. The first kappa shape index (κ1) is 10.8. The van der Waals surface area contributed by atoms with E-state index in [2.05, 4.69) is 5.32 Å². The van der Waals surface area contributed by atoms with Crippen LogP contribution in [0.15, 0.2) is 30.3 Å². The number of hydrogen-bond donors (Lipinski definition) is 1. The van der Waals surface area contributed by atoms with Gasteiger partial charge in [0, 0.05) is 17.6 Å². The van der Waals surface area contributed by atoms with Crippen molar-refractivity contribution in [1.82, 2.24) is 10.2 Å². The Balaban J connectivity index is 1.79. The van der Waals surface area contributed by atoms with E-state index < -0.39 is 0 Å². The van der Waals surface area contributed by atoms with Crippen LogP contribution < -0.4 is 5.32 Å². The third kappa shape index (κ3) is 1.95. The van der Waals surface area contributed by atoms with Crippen molar-refractivity contribution in [3.8, 4) is 0 Å². The van der Waals surface area contributed by atoms with Crippen LogP contribution in [0.4, 0.5) is 0 Å². The summed E-state index contributed by atoms with van der Waals surface area (Å²) in [6.07, 6.45) is 4.91. The van der Waals surface area contributed by atoms with Crippen LogP contribution in [0.3, 0.4) is 0 Å². The number of nitrogens with one attached hydrogen (secondary N) is 1. The number of hydrogen-bond acceptors (Lipinski definition) is 2. The van der Waals surface area contributed by atoms with Crippen LogP contribution in [-0.4, -0.2) is 29.6 Å². The lowest BCUT2D eigenvalue weighted by molar-refractivity contribution is 0.0709. The third-order valence-electron chi connectivity index (χ3n) is 3.94. The molecular formula is C14H18N2O. The number of carbonyl (C=O) groups excluding carboxylic acids is 1. The number of amides is 1. The molecule has 1 amide bonds. The molecule has 2 unspecified atom stereocenters. The molecular weight excluding hydrogens is 212 g/mol. The molecule has 1 saturated heterocycles. The summed E-state index contributed by atoms with van der Waals surface area (Å²) in [5.41, 5.74) is 0.806. The minimum absolute atomic E-state index is 0.174. The SMILES string of the molecule is O=C(c1ccccc1)N1CNC2CCCCC21. The quantitative estimate of drug-likeness (QED) is 0.800. The van der Waals surface area contributed by atoms with Crippen molar-refractivity contribution in [3.05, 3.63) is 35.9 Å². The van der Waals surface area contributed by atoms with Gasteiger partial charge < -0.3 is 4.90 Å². The number of rotatable bonds is 1. The van der Waals surface area contributed by atoms with E-state index in [0.717, 1.165) is 12.0 Å². The summed E-state index contributed by atoms with van der Waals surface area (Å²) in [4.78, 5) is 14.4. The van der Waals surface area contributed by atoms with Crippen molar-refractivity contribution in [3.63, 3.8) is 0 Å². The van der Waals surface area contributed by atoms with Crippen molar-refractivity contribution in [2.24, 2.45) is 0 Å². The van der Waals surface area contributed by atoms with Gasteiger partial charge in [-0.15, -0.1) is 0 Å². The fourth-order valence-electron chi connectivity index (χ4n) is 3.02. The van der Waals surface area contributed by atoms with Crippen LogP contribution in [0.2, 0.25) is 0 Å². The van der Waals surface area contributed by atoms with E-state index in [1.807, 2.05) is 35.2 Å². The highest BCUT2D eigenvalue weighted by Crippen LogP contribution is 2.27. The molecule has 1 N–H and O–H groups in total. The number of carbonyl (C=O) groups is 1. The average Bonchev–Trinajstić information content (AvgIpc) is 2.83. The highest BCUT2D eigenvalue weighted by Gasteiger charge is 2.37. The van der Waals surface area contributed by atoms with Crippen molar-refractivity contribution >= 4 is 5.91 Å². The van der Waals surface area contributed by atoms with Gasteiger partial charge in [0.05, 0.1) is 6.67 Å². The summed E-state index contributed by atoms with van der Waals surface area (Å²) < 4.78 is 0. The molecule has 3 rings (SSSR count). The Morgan fingerprint density at radius 1 is 1.18 bits per heavy atom. The second-order valence-electron chi connectivity index (χ2n) is 4.96. The molecule has 1 aromatic carbocycles. The fraction of sp³-hybridized carbons (Fsp3) is 0.500. The van der Waals surface area contributed by atoms with Crippen LogP contribution in [0, 0.1) is 0 Å². The van der Waals surface area contributed by atoms with E-state index in [1.54, 1.807) is 0 Å². The first-order valence-corrected chi connectivity index (χ1v) is 6.45. The zero-order chi connectivity index (χ0) is 11.7. The van der Waals surface area contributed by atoms with Gasteiger partial charge in [0.15, 0.2) is 0 Å². The highest BCUT2D eigenvalue weighted by molar-refractivity contribution is 5.94. The molecule has 1 aliphatic heterocycles. The normalized spacial score (nSPS) is 27.9. The van der Waals surface area contributed by atoms with E-state index >= 15 is 0 Å². The third-order valence-corrected chi connectivity index (χ3v) is 3.94. The second-order valence-corrected chi connectivity index (χ2v) is 4.96. The lowest BCUT2D eigenvalue weighted by Gasteiger charge is -2.30. The van der Waals surface area contributed by atoms with Gasteiger partial charge in [0.25, 0.3) is 5.91 Å². The Morgan fingerprint density at radius 3 is 2.76 bits per heavy atom.